The Bertz CT molecular complexity index is 971. The molecule has 0 saturated carbocycles. The van der Waals surface area contributed by atoms with Crippen LogP contribution in [-0.2, 0) is 32.0 Å². The SMILES string of the molecule is ClP(Cl)(Cl)(Cl)Cl.O=S(=O)(Cl)CCc1ccc(F)cc1.O=S(=O)([O-])CCc1ccc(F)cc1.[Na+]. The number of benzene rings is 2. The van der Waals surface area contributed by atoms with Gasteiger partial charge in [0.05, 0.1) is 15.9 Å². The summed E-state index contributed by atoms with van der Waals surface area (Å²) in [5.74, 6) is -1.29. The Kier molecular flexibility index (Phi) is 17.2. The second kappa shape index (κ2) is 15.6. The van der Waals surface area contributed by atoms with Crippen LogP contribution in [0.25, 0.3) is 0 Å². The van der Waals surface area contributed by atoms with Crippen LogP contribution in [0.2, 0.25) is 0 Å². The van der Waals surface area contributed by atoms with E-state index in [1.165, 1.54) is 48.5 Å². The molecule has 2 aromatic carbocycles. The Morgan fingerprint density at radius 3 is 1.21 bits per heavy atom. The first-order chi connectivity index (χ1) is 14.2. The summed E-state index contributed by atoms with van der Waals surface area (Å²) in [5, 5.41) is 0. The molecule has 17 heteroatoms. The van der Waals surface area contributed by atoms with Crippen LogP contribution >= 0.6 is 70.3 Å². The van der Waals surface area contributed by atoms with Gasteiger partial charge in [-0.25, -0.2) is 25.6 Å². The van der Waals surface area contributed by atoms with Gasteiger partial charge in [0.15, 0.2) is 0 Å². The van der Waals surface area contributed by atoms with Gasteiger partial charge in [-0.15, -0.1) is 0 Å². The van der Waals surface area contributed by atoms with Crippen LogP contribution < -0.4 is 29.6 Å². The van der Waals surface area contributed by atoms with Gasteiger partial charge in [0.2, 0.25) is 9.05 Å². The monoisotopic (exact) mass is 654 g/mol. The van der Waals surface area contributed by atoms with Crippen molar-refractivity contribution in [3.05, 3.63) is 71.3 Å². The van der Waals surface area contributed by atoms with Gasteiger partial charge < -0.3 is 4.55 Å². The Balaban J connectivity index is 0. The van der Waals surface area contributed by atoms with Gasteiger partial charge in [-0.1, -0.05) is 24.3 Å². The van der Waals surface area contributed by atoms with Crippen molar-refractivity contribution in [2.24, 2.45) is 0 Å². The first kappa shape index (κ1) is 36.5. The van der Waals surface area contributed by atoms with E-state index in [1.807, 2.05) is 0 Å². The second-order valence-corrected chi connectivity index (χ2v) is 26.9. The molecular formula is C16H16Cl6F2NaO5PS2. The van der Waals surface area contributed by atoms with E-state index in [4.69, 9.17) is 66.9 Å². The van der Waals surface area contributed by atoms with Crippen molar-refractivity contribution in [1.29, 1.82) is 0 Å². The zero-order chi connectivity index (χ0) is 25.2. The average molecular weight is 657 g/mol. The molecule has 2 rings (SSSR count). The maximum absolute atomic E-state index is 12.4. The minimum atomic E-state index is -4.18. The van der Waals surface area contributed by atoms with Crippen LogP contribution in [0.4, 0.5) is 8.78 Å². The van der Waals surface area contributed by atoms with Crippen molar-refractivity contribution >= 4 is 89.4 Å². The number of hydrogen-bond donors (Lipinski definition) is 0. The zero-order valence-corrected chi connectivity index (χ0v) is 25.8. The summed E-state index contributed by atoms with van der Waals surface area (Å²) >= 11 is 24.9. The molecule has 0 aromatic heterocycles. The summed E-state index contributed by atoms with van der Waals surface area (Å²) in [6.07, 6.45) is 0.443. The predicted molar refractivity (Wildman–Crippen MR) is 131 cm³/mol. The van der Waals surface area contributed by atoms with E-state index in [0.29, 0.717) is 12.0 Å². The molecule has 0 unspecified atom stereocenters. The van der Waals surface area contributed by atoms with Crippen LogP contribution in [0.3, 0.4) is 0 Å². The second-order valence-electron chi connectivity index (χ2n) is 5.90. The molecule has 0 aliphatic rings. The van der Waals surface area contributed by atoms with Gasteiger partial charge in [-0.3, -0.25) is 0 Å². The van der Waals surface area contributed by atoms with Crippen molar-refractivity contribution in [3.63, 3.8) is 0 Å². The fourth-order valence-corrected chi connectivity index (χ4v) is 2.98. The molecule has 33 heavy (non-hydrogen) atoms. The number of hydrogen-bond acceptors (Lipinski definition) is 5. The summed E-state index contributed by atoms with van der Waals surface area (Å²) in [4.78, 5) is 0. The summed E-state index contributed by atoms with van der Waals surface area (Å²) < 4.78 is 73.0. The molecule has 184 valence electrons. The van der Waals surface area contributed by atoms with Gasteiger partial charge in [0.25, 0.3) is 0 Å². The Morgan fingerprint density at radius 2 is 0.970 bits per heavy atom. The van der Waals surface area contributed by atoms with Crippen LogP contribution in [0.1, 0.15) is 11.1 Å². The molecule has 0 amide bonds. The molecule has 0 bridgehead atoms. The predicted octanol–water partition coefficient (Wildman–Crippen LogP) is 4.16. The van der Waals surface area contributed by atoms with Gasteiger partial charge in [-0.05, 0) is 48.2 Å². The summed E-state index contributed by atoms with van der Waals surface area (Å²) in [5.41, 5.74) is 1.39. The van der Waals surface area contributed by atoms with Crippen LogP contribution in [-0.4, -0.2) is 32.9 Å². The standard InChI is InChI=1S/C8H8ClFO2S.C8H9FO3S.Cl5P.Na/c9-13(11,12)6-5-7-1-3-8(10)4-2-7;9-8-3-1-7(2-4-8)5-6-13(10,11)12;1-6(2,3,4)5;/h1-4H,5-6H2;1-4H,5-6H2,(H,10,11,12);;/q;;;+1/p-1. The largest absolute Gasteiger partial charge is 1.00 e. The summed E-state index contributed by atoms with van der Waals surface area (Å²) in [7, 11) is -2.62. The van der Waals surface area contributed by atoms with Crippen molar-refractivity contribution in [3.8, 4) is 0 Å². The average Bonchev–Trinajstić information content (AvgIpc) is 2.58. The molecule has 0 saturated heterocycles. The maximum atomic E-state index is 12.4. The third kappa shape index (κ3) is 29.5. The van der Waals surface area contributed by atoms with E-state index in [1.54, 1.807) is 0 Å². The molecule has 2 aromatic rings. The topological polar surface area (TPSA) is 91.3 Å². The molecule has 0 heterocycles. The normalized spacial score (nSPS) is 12.6. The first-order valence-corrected chi connectivity index (χ1v) is 19.0. The van der Waals surface area contributed by atoms with E-state index >= 15 is 0 Å². The fourth-order valence-electron chi connectivity index (χ4n) is 1.78. The Hall–Kier alpha value is 1.33. The van der Waals surface area contributed by atoms with Crippen molar-refractivity contribution in [1.82, 2.24) is 0 Å². The van der Waals surface area contributed by atoms with E-state index < -0.39 is 28.3 Å². The van der Waals surface area contributed by atoms with Crippen molar-refractivity contribution < 1.29 is 59.7 Å². The molecule has 5 nitrogen and oxygen atoms in total. The molecule has 0 radical (unpaired) electrons. The number of aryl methyl sites for hydroxylation is 2. The van der Waals surface area contributed by atoms with Gasteiger partial charge in [0.1, 0.15) is 11.6 Å². The van der Waals surface area contributed by atoms with Crippen LogP contribution in [0.5, 0.6) is 0 Å². The minimum Gasteiger partial charge on any atom is -0.748 e. The van der Waals surface area contributed by atoms with Crippen LogP contribution in [0.15, 0.2) is 48.5 Å². The van der Waals surface area contributed by atoms with Gasteiger partial charge in [0, 0.05) is 16.4 Å². The van der Waals surface area contributed by atoms with Gasteiger partial charge in [-0.2, -0.15) is 0 Å². The zero-order valence-electron chi connectivity index (χ0n) is 16.8. The number of halogens is 8. The quantitative estimate of drug-likeness (QED) is 0.202. The molecular weight excluding hydrogens is 641 g/mol. The van der Waals surface area contributed by atoms with E-state index in [2.05, 4.69) is 0 Å². The van der Waals surface area contributed by atoms with Crippen LogP contribution in [0, 0.1) is 11.6 Å². The Morgan fingerprint density at radius 1 is 0.697 bits per heavy atom. The molecule has 0 spiro atoms. The summed E-state index contributed by atoms with van der Waals surface area (Å²) in [6, 6.07) is 11.0. The van der Waals surface area contributed by atoms with Gasteiger partial charge >= 0.3 is 89.1 Å². The van der Waals surface area contributed by atoms with E-state index in [-0.39, 0.29) is 53.4 Å². The fraction of sp³-hybridized carbons (Fsp3) is 0.250. The molecule has 0 N–H and O–H groups in total. The maximum Gasteiger partial charge on any atom is 1.00 e. The molecule has 0 fully saturated rings. The van der Waals surface area contributed by atoms with Crippen molar-refractivity contribution in [2.45, 2.75) is 12.8 Å². The smallest absolute Gasteiger partial charge is 0.748 e. The molecule has 0 aliphatic carbocycles. The van der Waals surface area contributed by atoms with E-state index in [0.717, 1.165) is 5.56 Å². The summed E-state index contributed by atoms with van der Waals surface area (Å²) in [6.45, 7) is 0. The number of rotatable bonds is 6. The first-order valence-electron chi connectivity index (χ1n) is 8.14. The van der Waals surface area contributed by atoms with Crippen molar-refractivity contribution in [2.75, 3.05) is 11.5 Å². The third-order valence-electron chi connectivity index (χ3n) is 3.10. The molecule has 0 aliphatic heterocycles. The third-order valence-corrected chi connectivity index (χ3v) is 4.96. The minimum absolute atomic E-state index is 0. The molecule has 0 atom stereocenters. The Labute approximate surface area is 242 Å². The van der Waals surface area contributed by atoms with E-state index in [9.17, 15) is 30.2 Å².